The molecule has 0 spiro atoms. The number of nitrogens with two attached hydrogens (primary N) is 1. The van der Waals surface area contributed by atoms with Crippen molar-refractivity contribution in [2.24, 2.45) is 0 Å². The predicted octanol–water partition coefficient (Wildman–Crippen LogP) is 2.32. The summed E-state index contributed by atoms with van der Waals surface area (Å²) in [5.41, 5.74) is 7.06. The molecule has 30 heavy (non-hydrogen) atoms. The van der Waals surface area contributed by atoms with Crippen molar-refractivity contribution < 1.29 is 9.53 Å². The number of anilines is 2. The number of rotatable bonds is 9. The van der Waals surface area contributed by atoms with Gasteiger partial charge in [-0.05, 0) is 46.6 Å². The fourth-order valence-electron chi connectivity index (χ4n) is 4.08. The summed E-state index contributed by atoms with van der Waals surface area (Å²) in [6.07, 6.45) is 4.27. The van der Waals surface area contributed by atoms with Crippen LogP contribution in [-0.4, -0.2) is 77.1 Å². The van der Waals surface area contributed by atoms with Crippen LogP contribution in [0.5, 0.6) is 6.01 Å². The second kappa shape index (κ2) is 9.92. The molecule has 1 aromatic heterocycles. The normalized spacial score (nSPS) is 18.1. The topological polar surface area (TPSA) is 87.8 Å². The molecule has 0 atom stereocenters. The molecule has 2 aliphatic rings. The summed E-state index contributed by atoms with van der Waals surface area (Å²) in [7, 11) is 0. The lowest BCUT2D eigenvalue weighted by molar-refractivity contribution is -0.117. The fourth-order valence-corrected chi connectivity index (χ4v) is 4.08. The number of fused-ring (bicyclic) bond motifs is 1. The second-order valence-electron chi connectivity index (χ2n) is 9.32. The number of hydrogen-bond acceptors (Lipinski definition) is 7. The van der Waals surface area contributed by atoms with Crippen LogP contribution in [0, 0.1) is 0 Å². The molecular formula is C22H38N6O2. The van der Waals surface area contributed by atoms with Crippen LogP contribution in [0.4, 0.5) is 11.6 Å². The Morgan fingerprint density at radius 1 is 1.03 bits per heavy atom. The molecule has 3 heterocycles. The van der Waals surface area contributed by atoms with Crippen LogP contribution >= 0.6 is 0 Å². The van der Waals surface area contributed by atoms with E-state index >= 15 is 0 Å². The summed E-state index contributed by atoms with van der Waals surface area (Å²) in [5.74, 6) is 1.05. The van der Waals surface area contributed by atoms with Gasteiger partial charge in [-0.15, -0.1) is 0 Å². The van der Waals surface area contributed by atoms with E-state index in [1.807, 2.05) is 0 Å². The molecule has 0 bridgehead atoms. The predicted molar refractivity (Wildman–Crippen MR) is 120 cm³/mol. The van der Waals surface area contributed by atoms with E-state index in [2.05, 4.69) is 47.5 Å². The van der Waals surface area contributed by atoms with Crippen LogP contribution in [0.3, 0.4) is 0 Å². The Labute approximate surface area is 180 Å². The summed E-state index contributed by atoms with van der Waals surface area (Å²) < 4.78 is 5.62. The summed E-state index contributed by atoms with van der Waals surface area (Å²) in [6.45, 7) is 15.7. The maximum atomic E-state index is 12.5. The number of hydrogen-bond donors (Lipinski definition) is 1. The molecule has 8 nitrogen and oxygen atoms in total. The zero-order chi connectivity index (χ0) is 21.7. The first-order valence-corrected chi connectivity index (χ1v) is 11.4. The zero-order valence-corrected chi connectivity index (χ0v) is 19.1. The molecule has 0 unspecified atom stereocenters. The highest BCUT2D eigenvalue weighted by atomic mass is 16.5. The van der Waals surface area contributed by atoms with E-state index < -0.39 is 0 Å². The summed E-state index contributed by atoms with van der Waals surface area (Å²) in [4.78, 5) is 28.1. The third-order valence-corrected chi connectivity index (χ3v) is 6.04. The monoisotopic (exact) mass is 418 g/mol. The lowest BCUT2D eigenvalue weighted by atomic mass is 10.0. The lowest BCUT2D eigenvalue weighted by Gasteiger charge is -2.42. The van der Waals surface area contributed by atoms with Gasteiger partial charge in [0, 0.05) is 43.8 Å². The number of unbranched alkanes of at least 4 members (excludes halogenated alkanes) is 2. The smallest absolute Gasteiger partial charge is 0.320 e. The minimum atomic E-state index is 0.0514. The minimum absolute atomic E-state index is 0.0514. The molecule has 1 fully saturated rings. The van der Waals surface area contributed by atoms with Crippen LogP contribution in [-0.2, 0) is 11.2 Å². The van der Waals surface area contributed by atoms with Gasteiger partial charge in [0.05, 0.1) is 13.0 Å². The molecule has 0 aliphatic carbocycles. The van der Waals surface area contributed by atoms with Crippen molar-refractivity contribution in [1.29, 1.82) is 0 Å². The molecule has 0 aromatic carbocycles. The first kappa shape index (κ1) is 22.7. The largest absolute Gasteiger partial charge is 0.463 e. The van der Waals surface area contributed by atoms with Crippen molar-refractivity contribution in [2.45, 2.75) is 65.3 Å². The molecule has 0 radical (unpaired) electrons. The second-order valence-corrected chi connectivity index (χ2v) is 9.32. The van der Waals surface area contributed by atoms with Crippen molar-refractivity contribution in [3.8, 4) is 6.01 Å². The van der Waals surface area contributed by atoms with Gasteiger partial charge >= 0.3 is 6.01 Å². The minimum Gasteiger partial charge on any atom is -0.463 e. The molecule has 1 saturated heterocycles. The van der Waals surface area contributed by atoms with Gasteiger partial charge in [0.25, 0.3) is 0 Å². The summed E-state index contributed by atoms with van der Waals surface area (Å²) in [5, 5.41) is 0. The lowest BCUT2D eigenvalue weighted by Crippen LogP contribution is -2.53. The van der Waals surface area contributed by atoms with Crippen molar-refractivity contribution >= 4 is 17.5 Å². The van der Waals surface area contributed by atoms with Crippen molar-refractivity contribution in [1.82, 2.24) is 19.8 Å². The number of carbonyl (C=O) groups is 1. The van der Waals surface area contributed by atoms with Gasteiger partial charge in [-0.25, -0.2) is 0 Å². The fraction of sp³-hybridized carbons (Fsp3) is 0.773. The first-order chi connectivity index (χ1) is 14.3. The number of aromatic nitrogens is 2. The molecule has 8 heteroatoms. The van der Waals surface area contributed by atoms with E-state index in [1.165, 1.54) is 0 Å². The standard InChI is InChI=1S/C22H38N6O2/c1-5-6-15-30-21-24-19(23)17-16-18(29)28(20(17)25-21)10-8-7-9-26-11-13-27(14-12-26)22(2,3)4/h5-16H2,1-4H3,(H2,23,24,25). The highest BCUT2D eigenvalue weighted by Crippen LogP contribution is 2.32. The Balaban J connectivity index is 1.48. The molecule has 0 saturated carbocycles. The maximum Gasteiger partial charge on any atom is 0.320 e. The van der Waals surface area contributed by atoms with E-state index in [-0.39, 0.29) is 23.9 Å². The van der Waals surface area contributed by atoms with E-state index in [9.17, 15) is 4.79 Å². The van der Waals surface area contributed by atoms with Gasteiger partial charge in [0.2, 0.25) is 5.91 Å². The number of piperazine rings is 1. The Morgan fingerprint density at radius 3 is 2.40 bits per heavy atom. The van der Waals surface area contributed by atoms with Crippen molar-refractivity contribution in [3.63, 3.8) is 0 Å². The average Bonchev–Trinajstić information content (AvgIpc) is 3.01. The Morgan fingerprint density at radius 2 is 1.73 bits per heavy atom. The molecule has 1 amide bonds. The average molecular weight is 419 g/mol. The number of nitrogen functional groups attached to an aromatic ring is 1. The summed E-state index contributed by atoms with van der Waals surface area (Å²) >= 11 is 0. The quantitative estimate of drug-likeness (QED) is 0.616. The van der Waals surface area contributed by atoms with Crippen LogP contribution < -0.4 is 15.4 Å². The van der Waals surface area contributed by atoms with Gasteiger partial charge in [-0.2, -0.15) is 9.97 Å². The van der Waals surface area contributed by atoms with Gasteiger partial charge in [0.15, 0.2) is 0 Å². The summed E-state index contributed by atoms with van der Waals surface area (Å²) in [6, 6.07) is 0.274. The van der Waals surface area contributed by atoms with Crippen molar-refractivity contribution in [3.05, 3.63) is 5.56 Å². The van der Waals surface area contributed by atoms with Gasteiger partial charge in [0.1, 0.15) is 11.6 Å². The van der Waals surface area contributed by atoms with E-state index in [1.54, 1.807) is 4.90 Å². The van der Waals surface area contributed by atoms with E-state index in [0.29, 0.717) is 24.8 Å². The highest BCUT2D eigenvalue weighted by Gasteiger charge is 2.32. The first-order valence-electron chi connectivity index (χ1n) is 11.4. The molecular weight excluding hydrogens is 380 g/mol. The van der Waals surface area contributed by atoms with Crippen LogP contribution in [0.25, 0.3) is 0 Å². The van der Waals surface area contributed by atoms with Crippen LogP contribution in [0.1, 0.15) is 58.9 Å². The Bertz CT molecular complexity index is 725. The number of amides is 1. The van der Waals surface area contributed by atoms with Crippen LogP contribution in [0.2, 0.25) is 0 Å². The SMILES string of the molecule is CCCCOc1nc(N)c2c(n1)N(CCCCN1CCN(C(C)(C)C)CC1)C(=O)C2. The zero-order valence-electron chi connectivity index (χ0n) is 19.1. The molecule has 168 valence electrons. The number of nitrogens with zero attached hydrogens (tertiary/aromatic N) is 5. The van der Waals surface area contributed by atoms with Gasteiger partial charge in [-0.1, -0.05) is 13.3 Å². The van der Waals surface area contributed by atoms with E-state index in [4.69, 9.17) is 10.5 Å². The Kier molecular flexibility index (Phi) is 7.52. The van der Waals surface area contributed by atoms with Gasteiger partial charge in [-0.3, -0.25) is 14.6 Å². The third-order valence-electron chi connectivity index (χ3n) is 6.04. The van der Waals surface area contributed by atoms with Gasteiger partial charge < -0.3 is 15.4 Å². The maximum absolute atomic E-state index is 12.5. The third kappa shape index (κ3) is 5.60. The molecule has 1 aromatic rings. The molecule has 2 N–H and O–H groups in total. The Hall–Kier alpha value is -1.93. The van der Waals surface area contributed by atoms with Crippen LogP contribution in [0.15, 0.2) is 0 Å². The number of carbonyl (C=O) groups excluding carboxylic acids is 1. The molecule has 2 aliphatic heterocycles. The highest BCUT2D eigenvalue weighted by molar-refractivity contribution is 6.01. The van der Waals surface area contributed by atoms with Crippen molar-refractivity contribution in [2.75, 3.05) is 56.5 Å². The molecule has 3 rings (SSSR count). The number of ether oxygens (including phenoxy) is 1. The van der Waals surface area contributed by atoms with E-state index in [0.717, 1.165) is 64.0 Å².